The Morgan fingerprint density at radius 3 is 2.47 bits per heavy atom. The van der Waals surface area contributed by atoms with Crippen LogP contribution in [0, 0.1) is 6.92 Å². The summed E-state index contributed by atoms with van der Waals surface area (Å²) in [6.45, 7) is 2.14. The van der Waals surface area contributed by atoms with E-state index in [0.29, 0.717) is 0 Å². The van der Waals surface area contributed by atoms with Crippen molar-refractivity contribution in [2.45, 2.75) is 6.92 Å². The summed E-state index contributed by atoms with van der Waals surface area (Å²) in [5, 5.41) is 1.25. The summed E-state index contributed by atoms with van der Waals surface area (Å²) in [6.07, 6.45) is 1.87. The molecule has 1 aromatic heterocycles. The summed E-state index contributed by atoms with van der Waals surface area (Å²) in [5.41, 5.74) is 4.84. The van der Waals surface area contributed by atoms with Crippen molar-refractivity contribution in [1.29, 1.82) is 0 Å². The summed E-state index contributed by atoms with van der Waals surface area (Å²) in [7, 11) is 0. The topological polar surface area (TPSA) is 12.9 Å². The van der Waals surface area contributed by atoms with Crippen LogP contribution in [-0.4, -0.2) is 4.98 Å². The molecule has 0 spiro atoms. The van der Waals surface area contributed by atoms with Gasteiger partial charge in [-0.2, -0.15) is 0 Å². The van der Waals surface area contributed by atoms with Crippen LogP contribution >= 0.6 is 0 Å². The van der Waals surface area contributed by atoms with Gasteiger partial charge in [-0.15, -0.1) is 0 Å². The van der Waals surface area contributed by atoms with E-state index in [4.69, 9.17) is 0 Å². The van der Waals surface area contributed by atoms with E-state index in [2.05, 4.69) is 60.4 Å². The number of benzene rings is 2. The van der Waals surface area contributed by atoms with Gasteiger partial charge in [-0.05, 0) is 35.7 Å². The largest absolute Gasteiger partial charge is 0.256 e. The van der Waals surface area contributed by atoms with Gasteiger partial charge in [0.2, 0.25) is 0 Å². The average Bonchev–Trinajstić information content (AvgIpc) is 2.39. The maximum absolute atomic E-state index is 4.43. The average molecular weight is 219 g/mol. The Morgan fingerprint density at radius 1 is 0.824 bits per heavy atom. The van der Waals surface area contributed by atoms with E-state index in [1.165, 1.54) is 22.1 Å². The van der Waals surface area contributed by atoms with Gasteiger partial charge in [0.05, 0.1) is 5.52 Å². The Hall–Kier alpha value is -2.15. The molecule has 0 aliphatic heterocycles. The Balaban J connectivity index is 2.38. The molecule has 0 aliphatic carbocycles. The van der Waals surface area contributed by atoms with E-state index in [1.807, 2.05) is 12.3 Å². The number of pyridine rings is 1. The zero-order valence-corrected chi connectivity index (χ0v) is 9.72. The van der Waals surface area contributed by atoms with Crippen LogP contribution in [0.1, 0.15) is 5.56 Å². The highest BCUT2D eigenvalue weighted by molar-refractivity contribution is 5.96. The highest BCUT2D eigenvalue weighted by atomic mass is 14.6. The Morgan fingerprint density at radius 2 is 1.65 bits per heavy atom. The third-order valence-electron chi connectivity index (χ3n) is 3.06. The van der Waals surface area contributed by atoms with Crippen LogP contribution in [-0.2, 0) is 0 Å². The van der Waals surface area contributed by atoms with Crippen molar-refractivity contribution in [2.24, 2.45) is 0 Å². The predicted octanol–water partition coefficient (Wildman–Crippen LogP) is 4.21. The normalized spacial score (nSPS) is 10.6. The standard InChI is InChI=1S/C16H13N/c1-12-10-11-17-15-9-5-8-14(16(12)15)13-6-3-2-4-7-13/h2-11H,1H3. The van der Waals surface area contributed by atoms with E-state index < -0.39 is 0 Å². The van der Waals surface area contributed by atoms with Crippen molar-refractivity contribution in [2.75, 3.05) is 0 Å². The van der Waals surface area contributed by atoms with E-state index >= 15 is 0 Å². The maximum atomic E-state index is 4.43. The molecule has 3 aromatic rings. The molecule has 0 bridgehead atoms. The molecule has 0 amide bonds. The smallest absolute Gasteiger partial charge is 0.0710 e. The monoisotopic (exact) mass is 219 g/mol. The summed E-state index contributed by atoms with van der Waals surface area (Å²) in [5.74, 6) is 0. The third kappa shape index (κ3) is 1.70. The maximum Gasteiger partial charge on any atom is 0.0710 e. The van der Waals surface area contributed by atoms with Crippen molar-refractivity contribution in [3.8, 4) is 11.1 Å². The molecular weight excluding hydrogens is 206 g/mol. The van der Waals surface area contributed by atoms with E-state index in [0.717, 1.165) is 5.52 Å². The molecule has 0 saturated carbocycles. The summed E-state index contributed by atoms with van der Waals surface area (Å²) in [4.78, 5) is 4.43. The van der Waals surface area contributed by atoms with E-state index in [-0.39, 0.29) is 0 Å². The second-order valence-corrected chi connectivity index (χ2v) is 4.19. The predicted molar refractivity (Wildman–Crippen MR) is 71.9 cm³/mol. The van der Waals surface area contributed by atoms with Crippen LogP contribution in [0.2, 0.25) is 0 Å². The second kappa shape index (κ2) is 4.02. The minimum Gasteiger partial charge on any atom is -0.256 e. The van der Waals surface area contributed by atoms with E-state index in [1.54, 1.807) is 0 Å². The Labute approximate surface area is 101 Å². The molecule has 0 radical (unpaired) electrons. The van der Waals surface area contributed by atoms with Gasteiger partial charge in [-0.1, -0.05) is 42.5 Å². The lowest BCUT2D eigenvalue weighted by Crippen LogP contribution is -1.86. The van der Waals surface area contributed by atoms with Gasteiger partial charge in [0, 0.05) is 11.6 Å². The zero-order chi connectivity index (χ0) is 11.7. The molecule has 2 aromatic carbocycles. The molecule has 82 valence electrons. The second-order valence-electron chi connectivity index (χ2n) is 4.19. The number of rotatable bonds is 1. The minimum atomic E-state index is 1.06. The lowest BCUT2D eigenvalue weighted by Gasteiger charge is -2.08. The van der Waals surface area contributed by atoms with Crippen molar-refractivity contribution in [3.63, 3.8) is 0 Å². The number of hydrogen-bond donors (Lipinski definition) is 0. The number of nitrogens with zero attached hydrogens (tertiary/aromatic N) is 1. The summed E-state index contributed by atoms with van der Waals surface area (Å²) in [6, 6.07) is 18.8. The molecule has 0 aliphatic rings. The first-order chi connectivity index (χ1) is 8.36. The highest BCUT2D eigenvalue weighted by Gasteiger charge is 2.05. The van der Waals surface area contributed by atoms with Crippen LogP contribution in [0.5, 0.6) is 0 Å². The molecule has 17 heavy (non-hydrogen) atoms. The van der Waals surface area contributed by atoms with E-state index in [9.17, 15) is 0 Å². The third-order valence-corrected chi connectivity index (χ3v) is 3.06. The van der Waals surface area contributed by atoms with Crippen LogP contribution in [0.25, 0.3) is 22.0 Å². The molecular formula is C16H13N. The highest BCUT2D eigenvalue weighted by Crippen LogP contribution is 2.29. The molecule has 3 rings (SSSR count). The van der Waals surface area contributed by atoms with Gasteiger partial charge in [-0.25, -0.2) is 0 Å². The van der Waals surface area contributed by atoms with Crippen LogP contribution in [0.3, 0.4) is 0 Å². The number of aryl methyl sites for hydroxylation is 1. The molecule has 0 saturated heterocycles. The van der Waals surface area contributed by atoms with Crippen molar-refractivity contribution < 1.29 is 0 Å². The SMILES string of the molecule is Cc1ccnc2cccc(-c3ccccc3)c12. The summed E-state index contributed by atoms with van der Waals surface area (Å²) < 4.78 is 0. The Bertz CT molecular complexity index is 651. The lowest BCUT2D eigenvalue weighted by atomic mass is 9.98. The molecule has 1 heterocycles. The van der Waals surface area contributed by atoms with Gasteiger partial charge in [0.1, 0.15) is 0 Å². The fourth-order valence-corrected chi connectivity index (χ4v) is 2.23. The zero-order valence-electron chi connectivity index (χ0n) is 9.72. The van der Waals surface area contributed by atoms with Gasteiger partial charge in [0.25, 0.3) is 0 Å². The first-order valence-electron chi connectivity index (χ1n) is 5.76. The molecule has 1 nitrogen and oxygen atoms in total. The number of fused-ring (bicyclic) bond motifs is 1. The molecule has 0 N–H and O–H groups in total. The van der Waals surface area contributed by atoms with Gasteiger partial charge in [-0.3, -0.25) is 4.98 Å². The van der Waals surface area contributed by atoms with Gasteiger partial charge < -0.3 is 0 Å². The summed E-state index contributed by atoms with van der Waals surface area (Å²) >= 11 is 0. The first-order valence-corrected chi connectivity index (χ1v) is 5.76. The number of aromatic nitrogens is 1. The van der Waals surface area contributed by atoms with Crippen LogP contribution < -0.4 is 0 Å². The van der Waals surface area contributed by atoms with Crippen LogP contribution in [0.15, 0.2) is 60.8 Å². The van der Waals surface area contributed by atoms with Crippen molar-refractivity contribution in [1.82, 2.24) is 4.98 Å². The molecule has 0 fully saturated rings. The Kier molecular flexibility index (Phi) is 2.37. The molecule has 1 heteroatoms. The minimum absolute atomic E-state index is 1.06. The van der Waals surface area contributed by atoms with Crippen molar-refractivity contribution >= 4 is 10.9 Å². The number of hydrogen-bond acceptors (Lipinski definition) is 1. The van der Waals surface area contributed by atoms with Crippen molar-refractivity contribution in [3.05, 3.63) is 66.4 Å². The van der Waals surface area contributed by atoms with Gasteiger partial charge >= 0.3 is 0 Å². The fraction of sp³-hybridized carbons (Fsp3) is 0.0625. The molecule has 0 unspecified atom stereocenters. The van der Waals surface area contributed by atoms with Gasteiger partial charge in [0.15, 0.2) is 0 Å². The molecule has 0 atom stereocenters. The fourth-order valence-electron chi connectivity index (χ4n) is 2.23. The van der Waals surface area contributed by atoms with Crippen LogP contribution in [0.4, 0.5) is 0 Å². The first kappa shape index (κ1) is 10.0. The quantitative estimate of drug-likeness (QED) is 0.597. The lowest BCUT2D eigenvalue weighted by molar-refractivity contribution is 1.37.